The van der Waals surface area contributed by atoms with Crippen LogP contribution in [0.1, 0.15) is 25.0 Å². The first-order valence-electron chi connectivity index (χ1n) is 5.70. The van der Waals surface area contributed by atoms with Crippen LogP contribution in [0.5, 0.6) is 5.75 Å². The summed E-state index contributed by atoms with van der Waals surface area (Å²) in [7, 11) is 1.70. The van der Waals surface area contributed by atoms with E-state index in [1.807, 2.05) is 6.07 Å². The molecule has 0 radical (unpaired) electrons. The van der Waals surface area contributed by atoms with Gasteiger partial charge in [0.25, 0.3) is 0 Å². The van der Waals surface area contributed by atoms with Crippen LogP contribution in [0.3, 0.4) is 0 Å². The van der Waals surface area contributed by atoms with Crippen molar-refractivity contribution in [2.45, 2.75) is 20.8 Å². The molecule has 0 fully saturated rings. The molecule has 0 aliphatic heterocycles. The quantitative estimate of drug-likeness (QED) is 0.822. The standard InChI is InChI=1S/C14H21NO/c1-5-15-10-11(2)8-13-6-7-14(16-4)12(3)9-13/h6-9,15H,5,10H2,1-4H3. The first-order chi connectivity index (χ1) is 7.67. The third-order valence-electron chi connectivity index (χ3n) is 2.49. The maximum absolute atomic E-state index is 5.24. The van der Waals surface area contributed by atoms with Crippen molar-refractivity contribution in [2.24, 2.45) is 0 Å². The summed E-state index contributed by atoms with van der Waals surface area (Å²) in [5, 5.41) is 3.31. The average Bonchev–Trinajstić information content (AvgIpc) is 2.26. The van der Waals surface area contributed by atoms with Crippen molar-refractivity contribution in [3.05, 3.63) is 34.9 Å². The molecule has 16 heavy (non-hydrogen) atoms. The first-order valence-corrected chi connectivity index (χ1v) is 5.70. The van der Waals surface area contributed by atoms with Gasteiger partial charge in [0.1, 0.15) is 5.75 Å². The largest absolute Gasteiger partial charge is 0.496 e. The lowest BCUT2D eigenvalue weighted by Crippen LogP contribution is -2.14. The second-order valence-corrected chi connectivity index (χ2v) is 4.00. The molecule has 88 valence electrons. The van der Waals surface area contributed by atoms with Gasteiger partial charge in [0, 0.05) is 6.54 Å². The van der Waals surface area contributed by atoms with Crippen LogP contribution in [0.4, 0.5) is 0 Å². The predicted octanol–water partition coefficient (Wildman–Crippen LogP) is 3.02. The number of methoxy groups -OCH3 is 1. The maximum atomic E-state index is 5.24. The normalized spacial score (nSPS) is 11.6. The zero-order valence-electron chi connectivity index (χ0n) is 10.6. The highest BCUT2D eigenvalue weighted by Gasteiger charge is 1.98. The van der Waals surface area contributed by atoms with E-state index in [1.165, 1.54) is 16.7 Å². The second-order valence-electron chi connectivity index (χ2n) is 4.00. The van der Waals surface area contributed by atoms with E-state index in [9.17, 15) is 0 Å². The fraction of sp³-hybridized carbons (Fsp3) is 0.429. The Kier molecular flexibility index (Phi) is 5.06. The van der Waals surface area contributed by atoms with Crippen molar-refractivity contribution < 1.29 is 4.74 Å². The van der Waals surface area contributed by atoms with Crippen LogP contribution < -0.4 is 10.1 Å². The topological polar surface area (TPSA) is 21.3 Å². The third kappa shape index (κ3) is 3.70. The number of nitrogens with one attached hydrogen (secondary N) is 1. The molecule has 2 heteroatoms. The summed E-state index contributed by atoms with van der Waals surface area (Å²) in [6.07, 6.45) is 2.20. The Balaban J connectivity index is 2.77. The zero-order valence-corrected chi connectivity index (χ0v) is 10.6. The number of hydrogen-bond acceptors (Lipinski definition) is 2. The summed E-state index contributed by atoms with van der Waals surface area (Å²) in [6, 6.07) is 6.25. The van der Waals surface area contributed by atoms with Gasteiger partial charge >= 0.3 is 0 Å². The molecule has 0 unspecified atom stereocenters. The van der Waals surface area contributed by atoms with Gasteiger partial charge in [-0.05, 0) is 43.7 Å². The van der Waals surface area contributed by atoms with Crippen LogP contribution in [0, 0.1) is 6.92 Å². The molecule has 0 spiro atoms. The van der Waals surface area contributed by atoms with Gasteiger partial charge in [-0.2, -0.15) is 0 Å². The van der Waals surface area contributed by atoms with E-state index < -0.39 is 0 Å². The van der Waals surface area contributed by atoms with Gasteiger partial charge in [-0.25, -0.2) is 0 Å². The Hall–Kier alpha value is -1.28. The Morgan fingerprint density at radius 3 is 2.75 bits per heavy atom. The van der Waals surface area contributed by atoms with E-state index in [0.717, 1.165) is 18.8 Å². The maximum Gasteiger partial charge on any atom is 0.121 e. The summed E-state index contributed by atoms with van der Waals surface area (Å²) >= 11 is 0. The van der Waals surface area contributed by atoms with Crippen molar-refractivity contribution in [3.63, 3.8) is 0 Å². The number of hydrogen-bond donors (Lipinski definition) is 1. The lowest BCUT2D eigenvalue weighted by molar-refractivity contribution is 0.411. The summed E-state index contributed by atoms with van der Waals surface area (Å²) < 4.78 is 5.24. The molecule has 2 nitrogen and oxygen atoms in total. The highest BCUT2D eigenvalue weighted by molar-refractivity contribution is 5.55. The van der Waals surface area contributed by atoms with Crippen molar-refractivity contribution >= 4 is 6.08 Å². The third-order valence-corrected chi connectivity index (χ3v) is 2.49. The van der Waals surface area contributed by atoms with Gasteiger partial charge < -0.3 is 10.1 Å². The fourth-order valence-electron chi connectivity index (χ4n) is 1.65. The number of aryl methyl sites for hydroxylation is 1. The second kappa shape index (κ2) is 6.33. The van der Waals surface area contributed by atoms with E-state index in [-0.39, 0.29) is 0 Å². The molecule has 1 aromatic carbocycles. The van der Waals surface area contributed by atoms with E-state index in [0.29, 0.717) is 0 Å². The van der Waals surface area contributed by atoms with Crippen molar-refractivity contribution in [1.29, 1.82) is 0 Å². The molecular weight excluding hydrogens is 198 g/mol. The van der Waals surface area contributed by atoms with Crippen LogP contribution in [0.2, 0.25) is 0 Å². The molecule has 1 N–H and O–H groups in total. The zero-order chi connectivity index (χ0) is 12.0. The number of ether oxygens (including phenoxy) is 1. The molecule has 0 heterocycles. The summed E-state index contributed by atoms with van der Waals surface area (Å²) in [5.74, 6) is 0.946. The van der Waals surface area contributed by atoms with Gasteiger partial charge in [0.15, 0.2) is 0 Å². The van der Waals surface area contributed by atoms with Crippen LogP contribution in [0.15, 0.2) is 23.8 Å². The van der Waals surface area contributed by atoms with E-state index in [1.54, 1.807) is 7.11 Å². The Morgan fingerprint density at radius 2 is 2.19 bits per heavy atom. The minimum atomic E-state index is 0.946. The monoisotopic (exact) mass is 219 g/mol. The highest BCUT2D eigenvalue weighted by Crippen LogP contribution is 2.19. The van der Waals surface area contributed by atoms with E-state index in [4.69, 9.17) is 4.74 Å². The highest BCUT2D eigenvalue weighted by atomic mass is 16.5. The molecule has 0 amide bonds. The Morgan fingerprint density at radius 1 is 1.44 bits per heavy atom. The summed E-state index contributed by atoms with van der Waals surface area (Å²) in [6.45, 7) is 8.28. The molecule has 0 aromatic heterocycles. The Bertz CT molecular complexity index is 369. The molecule has 1 aromatic rings. The van der Waals surface area contributed by atoms with Crippen LogP contribution >= 0.6 is 0 Å². The summed E-state index contributed by atoms with van der Waals surface area (Å²) in [5.41, 5.74) is 3.74. The number of rotatable bonds is 5. The average molecular weight is 219 g/mol. The molecule has 0 aliphatic rings. The molecule has 0 saturated heterocycles. The lowest BCUT2D eigenvalue weighted by Gasteiger charge is -2.06. The SMILES string of the molecule is CCNCC(C)=Cc1ccc(OC)c(C)c1. The Labute approximate surface area is 98.3 Å². The minimum absolute atomic E-state index is 0.946. The molecule has 0 atom stereocenters. The predicted molar refractivity (Wildman–Crippen MR) is 69.9 cm³/mol. The van der Waals surface area contributed by atoms with Crippen LogP contribution in [-0.4, -0.2) is 20.2 Å². The van der Waals surface area contributed by atoms with Crippen molar-refractivity contribution in [1.82, 2.24) is 5.32 Å². The molecule has 1 rings (SSSR count). The van der Waals surface area contributed by atoms with Gasteiger partial charge in [-0.3, -0.25) is 0 Å². The summed E-state index contributed by atoms with van der Waals surface area (Å²) in [4.78, 5) is 0. The van der Waals surface area contributed by atoms with E-state index >= 15 is 0 Å². The smallest absolute Gasteiger partial charge is 0.121 e. The minimum Gasteiger partial charge on any atom is -0.496 e. The van der Waals surface area contributed by atoms with Gasteiger partial charge in [0.05, 0.1) is 7.11 Å². The number of likely N-dealkylation sites (N-methyl/N-ethyl adjacent to an activating group) is 1. The van der Waals surface area contributed by atoms with Crippen molar-refractivity contribution in [2.75, 3.05) is 20.2 Å². The first kappa shape index (κ1) is 12.8. The number of benzene rings is 1. The fourth-order valence-corrected chi connectivity index (χ4v) is 1.65. The lowest BCUT2D eigenvalue weighted by atomic mass is 10.1. The molecule has 0 saturated carbocycles. The van der Waals surface area contributed by atoms with Gasteiger partial charge in [0.2, 0.25) is 0 Å². The van der Waals surface area contributed by atoms with Crippen LogP contribution in [-0.2, 0) is 0 Å². The molecular formula is C14H21NO. The van der Waals surface area contributed by atoms with Crippen molar-refractivity contribution in [3.8, 4) is 5.75 Å². The van der Waals surface area contributed by atoms with Gasteiger partial charge in [-0.15, -0.1) is 0 Å². The van der Waals surface area contributed by atoms with Gasteiger partial charge in [-0.1, -0.05) is 24.6 Å². The van der Waals surface area contributed by atoms with E-state index in [2.05, 4.69) is 44.3 Å². The van der Waals surface area contributed by atoms with Crippen LogP contribution in [0.25, 0.3) is 6.08 Å². The molecule has 0 aliphatic carbocycles. The molecule has 0 bridgehead atoms.